The van der Waals surface area contributed by atoms with Crippen molar-refractivity contribution in [1.29, 1.82) is 0 Å². The Morgan fingerprint density at radius 2 is 1.69 bits per heavy atom. The summed E-state index contributed by atoms with van der Waals surface area (Å²) in [7, 11) is 0. The first-order valence-corrected chi connectivity index (χ1v) is 9.52. The first-order chi connectivity index (χ1) is 13.9. The lowest BCUT2D eigenvalue weighted by molar-refractivity contribution is -0.121. The van der Waals surface area contributed by atoms with Gasteiger partial charge in [0.1, 0.15) is 18.9 Å². The Morgan fingerprint density at radius 1 is 1.00 bits per heavy atom. The quantitative estimate of drug-likeness (QED) is 0.629. The number of carbonyl (C=O) groups is 1. The van der Waals surface area contributed by atoms with Crippen LogP contribution in [0.4, 0.5) is 0 Å². The molecule has 1 amide bonds. The van der Waals surface area contributed by atoms with Crippen molar-refractivity contribution in [2.45, 2.75) is 27.3 Å². The Hall–Kier alpha value is -3.41. The molecule has 0 unspecified atom stereocenters. The molecule has 0 radical (unpaired) electrons. The van der Waals surface area contributed by atoms with Crippen molar-refractivity contribution in [2.24, 2.45) is 0 Å². The van der Waals surface area contributed by atoms with Gasteiger partial charge in [-0.25, -0.2) is 4.98 Å². The van der Waals surface area contributed by atoms with Gasteiger partial charge in [0.15, 0.2) is 0 Å². The second-order valence-corrected chi connectivity index (χ2v) is 7.13. The van der Waals surface area contributed by atoms with Crippen LogP contribution >= 0.6 is 0 Å². The molecule has 0 saturated heterocycles. The van der Waals surface area contributed by atoms with Gasteiger partial charge in [0, 0.05) is 11.6 Å². The van der Waals surface area contributed by atoms with E-state index in [4.69, 9.17) is 4.74 Å². The number of amides is 1. The Bertz CT molecular complexity index is 1040. The maximum atomic E-state index is 12.3. The first kappa shape index (κ1) is 20.3. The van der Waals surface area contributed by atoms with Crippen LogP contribution in [0.15, 0.2) is 59.7 Å². The summed E-state index contributed by atoms with van der Waals surface area (Å²) >= 11 is 0. The largest absolute Gasteiger partial charge is 0.492 e. The number of carbonyl (C=O) groups excluding carboxylic acids is 1. The highest BCUT2D eigenvalue weighted by Crippen LogP contribution is 2.16. The predicted molar refractivity (Wildman–Crippen MR) is 113 cm³/mol. The van der Waals surface area contributed by atoms with E-state index in [0.29, 0.717) is 18.8 Å². The van der Waals surface area contributed by atoms with E-state index in [1.54, 1.807) is 0 Å². The van der Waals surface area contributed by atoms with Gasteiger partial charge >= 0.3 is 0 Å². The van der Waals surface area contributed by atoms with Crippen molar-refractivity contribution in [3.63, 3.8) is 0 Å². The van der Waals surface area contributed by atoms with Crippen LogP contribution in [-0.2, 0) is 11.3 Å². The molecule has 1 N–H and O–H groups in total. The summed E-state index contributed by atoms with van der Waals surface area (Å²) in [5.41, 5.74) is 4.59. The van der Waals surface area contributed by atoms with E-state index >= 15 is 0 Å². The number of aryl methyl sites for hydroxylation is 3. The van der Waals surface area contributed by atoms with Crippen molar-refractivity contribution in [1.82, 2.24) is 14.9 Å². The molecular weight excluding hydrogens is 366 g/mol. The zero-order valence-electron chi connectivity index (χ0n) is 16.9. The fraction of sp³-hybridized carbons (Fsp3) is 0.261. The van der Waals surface area contributed by atoms with E-state index < -0.39 is 0 Å². The van der Waals surface area contributed by atoms with E-state index in [1.165, 1.54) is 17.0 Å². The summed E-state index contributed by atoms with van der Waals surface area (Å²) in [6, 6.07) is 15.2. The standard InChI is InChI=1S/C23H25N3O3/c1-16-4-6-19(7-5-16)21-13-23(28)26(15-25-21)14-22(27)24-8-9-29-20-11-17(2)10-18(3)12-20/h4-7,10-13,15H,8-9,14H2,1-3H3,(H,24,27). The molecule has 0 saturated carbocycles. The van der Waals surface area contributed by atoms with Gasteiger partial charge in [-0.05, 0) is 44.0 Å². The average Bonchev–Trinajstić information content (AvgIpc) is 2.67. The lowest BCUT2D eigenvalue weighted by Crippen LogP contribution is -2.34. The third-order valence-electron chi connectivity index (χ3n) is 4.43. The van der Waals surface area contributed by atoms with Crippen molar-refractivity contribution in [2.75, 3.05) is 13.2 Å². The first-order valence-electron chi connectivity index (χ1n) is 9.52. The number of nitrogens with zero attached hydrogens (tertiary/aromatic N) is 2. The van der Waals surface area contributed by atoms with Crippen molar-refractivity contribution < 1.29 is 9.53 Å². The normalized spacial score (nSPS) is 10.6. The molecule has 0 spiro atoms. The topological polar surface area (TPSA) is 73.2 Å². The Balaban J connectivity index is 1.51. The molecule has 3 aromatic rings. The number of rotatable bonds is 7. The van der Waals surface area contributed by atoms with Crippen molar-refractivity contribution >= 4 is 5.91 Å². The van der Waals surface area contributed by atoms with E-state index in [0.717, 1.165) is 28.0 Å². The second-order valence-electron chi connectivity index (χ2n) is 7.13. The van der Waals surface area contributed by atoms with Crippen LogP contribution in [0, 0.1) is 20.8 Å². The third kappa shape index (κ3) is 5.78. The van der Waals surface area contributed by atoms with E-state index in [9.17, 15) is 9.59 Å². The van der Waals surface area contributed by atoms with Gasteiger partial charge in [-0.3, -0.25) is 14.2 Å². The van der Waals surface area contributed by atoms with Gasteiger partial charge in [0.25, 0.3) is 5.56 Å². The summed E-state index contributed by atoms with van der Waals surface area (Å²) in [5.74, 6) is 0.518. The lowest BCUT2D eigenvalue weighted by Gasteiger charge is -2.10. The van der Waals surface area contributed by atoms with Gasteiger partial charge in [-0.15, -0.1) is 0 Å². The highest BCUT2D eigenvalue weighted by molar-refractivity contribution is 5.75. The zero-order chi connectivity index (χ0) is 20.8. The average molecular weight is 391 g/mol. The van der Waals surface area contributed by atoms with Crippen LogP contribution < -0.4 is 15.6 Å². The molecule has 0 aliphatic heterocycles. The molecule has 29 heavy (non-hydrogen) atoms. The molecule has 150 valence electrons. The van der Waals surface area contributed by atoms with E-state index in [1.807, 2.05) is 57.2 Å². The molecule has 3 rings (SSSR count). The molecule has 1 heterocycles. The third-order valence-corrected chi connectivity index (χ3v) is 4.43. The minimum Gasteiger partial charge on any atom is -0.492 e. The van der Waals surface area contributed by atoms with Gasteiger partial charge in [0.2, 0.25) is 5.91 Å². The summed E-state index contributed by atoms with van der Waals surface area (Å²) in [4.78, 5) is 28.7. The fourth-order valence-electron chi connectivity index (χ4n) is 3.01. The fourth-order valence-corrected chi connectivity index (χ4v) is 3.01. The van der Waals surface area contributed by atoms with Gasteiger partial charge in [0.05, 0.1) is 18.6 Å². The van der Waals surface area contributed by atoms with Crippen LogP contribution in [0.25, 0.3) is 11.3 Å². The number of hydrogen-bond donors (Lipinski definition) is 1. The summed E-state index contributed by atoms with van der Waals surface area (Å²) < 4.78 is 6.96. The molecule has 0 atom stereocenters. The minimum atomic E-state index is -0.266. The molecule has 6 heteroatoms. The van der Waals surface area contributed by atoms with Crippen molar-refractivity contribution in [3.05, 3.63) is 81.9 Å². The Labute approximate surface area is 170 Å². The van der Waals surface area contributed by atoms with Crippen LogP contribution in [0.1, 0.15) is 16.7 Å². The molecule has 6 nitrogen and oxygen atoms in total. The van der Waals surface area contributed by atoms with E-state index in [-0.39, 0.29) is 18.0 Å². The molecule has 1 aromatic heterocycles. The second kappa shape index (κ2) is 9.19. The highest BCUT2D eigenvalue weighted by atomic mass is 16.5. The Morgan fingerprint density at radius 3 is 2.34 bits per heavy atom. The maximum Gasteiger partial charge on any atom is 0.254 e. The van der Waals surface area contributed by atoms with Gasteiger partial charge in [-0.1, -0.05) is 35.9 Å². The number of ether oxygens (including phenoxy) is 1. The molecule has 0 bridgehead atoms. The number of hydrogen-bond acceptors (Lipinski definition) is 4. The highest BCUT2D eigenvalue weighted by Gasteiger charge is 2.07. The van der Waals surface area contributed by atoms with Gasteiger partial charge in [-0.2, -0.15) is 0 Å². The number of nitrogens with one attached hydrogen (secondary N) is 1. The smallest absolute Gasteiger partial charge is 0.254 e. The molecule has 0 aliphatic carbocycles. The zero-order valence-corrected chi connectivity index (χ0v) is 16.9. The van der Waals surface area contributed by atoms with Crippen LogP contribution in [0.2, 0.25) is 0 Å². The SMILES string of the molecule is Cc1ccc(-c2cc(=O)n(CC(=O)NCCOc3cc(C)cc(C)c3)cn2)cc1. The predicted octanol–water partition coefficient (Wildman–Crippen LogP) is 3.03. The summed E-state index contributed by atoms with van der Waals surface area (Å²) in [6.45, 7) is 6.66. The summed E-state index contributed by atoms with van der Waals surface area (Å²) in [5, 5.41) is 2.76. The lowest BCUT2D eigenvalue weighted by atomic mass is 10.1. The monoisotopic (exact) mass is 391 g/mol. The van der Waals surface area contributed by atoms with Crippen LogP contribution in [-0.4, -0.2) is 28.6 Å². The van der Waals surface area contributed by atoms with Gasteiger partial charge < -0.3 is 10.1 Å². The Kier molecular flexibility index (Phi) is 6.44. The van der Waals surface area contributed by atoms with Crippen LogP contribution in [0.3, 0.4) is 0 Å². The molecule has 0 fully saturated rings. The minimum absolute atomic E-state index is 0.0798. The summed E-state index contributed by atoms with van der Waals surface area (Å²) in [6.07, 6.45) is 1.41. The molecule has 2 aromatic carbocycles. The van der Waals surface area contributed by atoms with Crippen molar-refractivity contribution in [3.8, 4) is 17.0 Å². The van der Waals surface area contributed by atoms with Crippen LogP contribution in [0.5, 0.6) is 5.75 Å². The maximum absolute atomic E-state index is 12.3. The number of benzene rings is 2. The molecular formula is C23H25N3O3. The molecule has 0 aliphatic rings. The number of aromatic nitrogens is 2. The van der Waals surface area contributed by atoms with E-state index in [2.05, 4.69) is 16.4 Å².